The molecule has 1 unspecified atom stereocenters. The molecule has 0 bridgehead atoms. The molecule has 2 nitrogen and oxygen atoms in total. The van der Waals surface area contributed by atoms with E-state index in [0.717, 1.165) is 29.5 Å². The second kappa shape index (κ2) is 6.08. The predicted molar refractivity (Wildman–Crippen MR) is 83.8 cm³/mol. The van der Waals surface area contributed by atoms with Crippen LogP contribution in [0.15, 0.2) is 42.5 Å². The molecule has 0 amide bonds. The highest BCUT2D eigenvalue weighted by Gasteiger charge is 2.30. The quantitative estimate of drug-likeness (QED) is 0.762. The van der Waals surface area contributed by atoms with Crippen molar-refractivity contribution in [2.24, 2.45) is 0 Å². The first-order chi connectivity index (χ1) is 10.1. The standard InChI is InChI=1S/C17H14Cl2O2/c18-15-8-12-6-7-13(14(12)9-16(15)19)17(20)21-10-11-4-2-1-3-5-11/h1-5,8-9,13H,6-7,10H2. The van der Waals surface area contributed by atoms with Crippen molar-refractivity contribution >= 4 is 29.2 Å². The first-order valence-corrected chi connectivity index (χ1v) is 7.59. The maximum Gasteiger partial charge on any atom is 0.313 e. The van der Waals surface area contributed by atoms with Crippen LogP contribution in [0.25, 0.3) is 0 Å². The van der Waals surface area contributed by atoms with Gasteiger partial charge in [-0.25, -0.2) is 0 Å². The van der Waals surface area contributed by atoms with Crippen molar-refractivity contribution in [3.63, 3.8) is 0 Å². The van der Waals surface area contributed by atoms with Crippen LogP contribution in [-0.4, -0.2) is 5.97 Å². The van der Waals surface area contributed by atoms with Crippen LogP contribution in [0.1, 0.15) is 29.0 Å². The fourth-order valence-corrected chi connectivity index (χ4v) is 3.03. The number of hydrogen-bond donors (Lipinski definition) is 0. The molecule has 0 radical (unpaired) electrons. The zero-order valence-electron chi connectivity index (χ0n) is 11.3. The lowest BCUT2D eigenvalue weighted by molar-refractivity contribution is -0.146. The average Bonchev–Trinajstić information content (AvgIpc) is 2.89. The van der Waals surface area contributed by atoms with Crippen LogP contribution < -0.4 is 0 Å². The van der Waals surface area contributed by atoms with E-state index in [-0.39, 0.29) is 11.9 Å². The van der Waals surface area contributed by atoms with Crippen molar-refractivity contribution in [3.05, 3.63) is 69.2 Å². The largest absolute Gasteiger partial charge is 0.460 e. The van der Waals surface area contributed by atoms with Gasteiger partial charge < -0.3 is 4.74 Å². The highest BCUT2D eigenvalue weighted by molar-refractivity contribution is 6.42. The molecule has 1 aliphatic rings. The number of carbonyl (C=O) groups is 1. The third-order valence-electron chi connectivity index (χ3n) is 3.77. The Kier molecular flexibility index (Phi) is 4.18. The van der Waals surface area contributed by atoms with E-state index in [4.69, 9.17) is 27.9 Å². The lowest BCUT2D eigenvalue weighted by Crippen LogP contribution is -2.13. The minimum atomic E-state index is -0.238. The Labute approximate surface area is 133 Å². The summed E-state index contributed by atoms with van der Waals surface area (Å²) in [5.74, 6) is -0.436. The van der Waals surface area contributed by atoms with Crippen LogP contribution in [0.5, 0.6) is 0 Å². The minimum absolute atomic E-state index is 0.198. The summed E-state index contributed by atoms with van der Waals surface area (Å²) < 4.78 is 5.42. The number of ether oxygens (including phenoxy) is 1. The number of esters is 1. The second-order valence-corrected chi connectivity index (χ2v) is 5.96. The van der Waals surface area contributed by atoms with Crippen LogP contribution >= 0.6 is 23.2 Å². The molecule has 0 saturated heterocycles. The summed E-state index contributed by atoms with van der Waals surface area (Å²) in [5, 5.41) is 1.02. The van der Waals surface area contributed by atoms with Gasteiger partial charge in [0.05, 0.1) is 16.0 Å². The monoisotopic (exact) mass is 320 g/mol. The van der Waals surface area contributed by atoms with E-state index >= 15 is 0 Å². The molecule has 0 N–H and O–H groups in total. The van der Waals surface area contributed by atoms with Gasteiger partial charge in [0, 0.05) is 0 Å². The first-order valence-electron chi connectivity index (χ1n) is 6.83. The highest BCUT2D eigenvalue weighted by Crippen LogP contribution is 2.38. The Morgan fingerprint density at radius 3 is 2.62 bits per heavy atom. The second-order valence-electron chi connectivity index (χ2n) is 5.15. The fourth-order valence-electron chi connectivity index (χ4n) is 2.67. The summed E-state index contributed by atoms with van der Waals surface area (Å²) in [5.41, 5.74) is 3.02. The Bertz CT molecular complexity index is 668. The van der Waals surface area contributed by atoms with Gasteiger partial charge in [0.1, 0.15) is 6.61 Å². The van der Waals surface area contributed by atoms with Crippen molar-refractivity contribution in [2.75, 3.05) is 0 Å². The number of aryl methyl sites for hydroxylation is 1. The van der Waals surface area contributed by atoms with Crippen LogP contribution in [0.2, 0.25) is 10.0 Å². The topological polar surface area (TPSA) is 26.3 Å². The molecule has 1 atom stereocenters. The molecule has 0 saturated carbocycles. The number of carbonyl (C=O) groups excluding carboxylic acids is 1. The highest BCUT2D eigenvalue weighted by atomic mass is 35.5. The molecule has 0 aliphatic heterocycles. The van der Waals surface area contributed by atoms with E-state index in [2.05, 4.69) is 0 Å². The van der Waals surface area contributed by atoms with Crippen LogP contribution in [0, 0.1) is 0 Å². The van der Waals surface area contributed by atoms with Crippen molar-refractivity contribution < 1.29 is 9.53 Å². The molecule has 4 heteroatoms. The molecule has 0 heterocycles. The summed E-state index contributed by atoms with van der Waals surface area (Å²) >= 11 is 12.1. The van der Waals surface area contributed by atoms with Crippen LogP contribution in [-0.2, 0) is 22.6 Å². The number of hydrogen-bond acceptors (Lipinski definition) is 2. The summed E-state index contributed by atoms with van der Waals surface area (Å²) in [6.07, 6.45) is 1.58. The molecule has 21 heavy (non-hydrogen) atoms. The van der Waals surface area contributed by atoms with Gasteiger partial charge in [0.25, 0.3) is 0 Å². The smallest absolute Gasteiger partial charge is 0.313 e. The van der Waals surface area contributed by atoms with E-state index in [1.165, 1.54) is 0 Å². The molecule has 1 aliphatic carbocycles. The molecule has 2 aromatic carbocycles. The lowest BCUT2D eigenvalue weighted by atomic mass is 10.0. The summed E-state index contributed by atoms with van der Waals surface area (Å²) in [6, 6.07) is 13.3. The summed E-state index contributed by atoms with van der Waals surface area (Å²) in [7, 11) is 0. The summed E-state index contributed by atoms with van der Waals surface area (Å²) in [6.45, 7) is 0.298. The van der Waals surface area contributed by atoms with Gasteiger partial charge >= 0.3 is 5.97 Å². The van der Waals surface area contributed by atoms with E-state index in [0.29, 0.717) is 16.7 Å². The van der Waals surface area contributed by atoms with Crippen LogP contribution in [0.3, 0.4) is 0 Å². The Morgan fingerprint density at radius 1 is 1.14 bits per heavy atom. The number of fused-ring (bicyclic) bond motifs is 1. The van der Waals surface area contributed by atoms with Crippen LogP contribution in [0.4, 0.5) is 0 Å². The Hall–Kier alpha value is -1.51. The Morgan fingerprint density at radius 2 is 1.86 bits per heavy atom. The zero-order valence-corrected chi connectivity index (χ0v) is 12.8. The first kappa shape index (κ1) is 14.4. The third-order valence-corrected chi connectivity index (χ3v) is 4.49. The molecule has 0 fully saturated rings. The van der Waals surface area contributed by atoms with Gasteiger partial charge in [-0.15, -0.1) is 0 Å². The summed E-state index contributed by atoms with van der Waals surface area (Å²) in [4.78, 5) is 12.3. The van der Waals surface area contributed by atoms with Crippen molar-refractivity contribution in [2.45, 2.75) is 25.4 Å². The van der Waals surface area contributed by atoms with E-state index in [9.17, 15) is 4.79 Å². The maximum absolute atomic E-state index is 12.3. The van der Waals surface area contributed by atoms with Gasteiger partial charge in [0.2, 0.25) is 0 Å². The van der Waals surface area contributed by atoms with Crippen molar-refractivity contribution in [1.29, 1.82) is 0 Å². The van der Waals surface area contributed by atoms with Gasteiger partial charge in [-0.2, -0.15) is 0 Å². The SMILES string of the molecule is O=C(OCc1ccccc1)C1CCc2cc(Cl)c(Cl)cc21. The molecule has 2 aromatic rings. The molecule has 108 valence electrons. The van der Waals surface area contributed by atoms with Gasteiger partial charge in [0.15, 0.2) is 0 Å². The van der Waals surface area contributed by atoms with Crippen molar-refractivity contribution in [1.82, 2.24) is 0 Å². The Balaban J connectivity index is 1.72. The van der Waals surface area contributed by atoms with Gasteiger partial charge in [-0.05, 0) is 41.7 Å². The maximum atomic E-state index is 12.3. The molecule has 0 aromatic heterocycles. The predicted octanol–water partition coefficient (Wildman–Crippen LogP) is 4.77. The molecular weight excluding hydrogens is 307 g/mol. The minimum Gasteiger partial charge on any atom is -0.460 e. The van der Waals surface area contributed by atoms with Crippen molar-refractivity contribution in [3.8, 4) is 0 Å². The van der Waals surface area contributed by atoms with E-state index in [1.807, 2.05) is 36.4 Å². The molecule has 0 spiro atoms. The van der Waals surface area contributed by atoms with Gasteiger partial charge in [-0.1, -0.05) is 53.5 Å². The number of benzene rings is 2. The van der Waals surface area contributed by atoms with Gasteiger partial charge in [-0.3, -0.25) is 4.79 Å². The lowest BCUT2D eigenvalue weighted by Gasteiger charge is -2.12. The number of rotatable bonds is 3. The van der Waals surface area contributed by atoms with E-state index in [1.54, 1.807) is 6.07 Å². The average molecular weight is 321 g/mol. The van der Waals surface area contributed by atoms with E-state index < -0.39 is 0 Å². The fraction of sp³-hybridized carbons (Fsp3) is 0.235. The third kappa shape index (κ3) is 3.07. The normalized spacial score (nSPS) is 16.6. The molecule has 3 rings (SSSR count). The molecular formula is C17H14Cl2O2. The number of halogens is 2. The zero-order chi connectivity index (χ0) is 14.8.